The van der Waals surface area contributed by atoms with Gasteiger partial charge in [0.1, 0.15) is 11.0 Å². The van der Waals surface area contributed by atoms with Crippen molar-refractivity contribution in [1.82, 2.24) is 0 Å². The van der Waals surface area contributed by atoms with E-state index >= 15 is 0 Å². The average molecular weight is 255 g/mol. The highest BCUT2D eigenvalue weighted by molar-refractivity contribution is 7.92. The van der Waals surface area contributed by atoms with Crippen LogP contribution < -0.4 is 0 Å². The van der Waals surface area contributed by atoms with E-state index < -0.39 is 15.1 Å². The summed E-state index contributed by atoms with van der Waals surface area (Å²) in [5, 5.41) is 11.5. The monoisotopic (exact) mass is 255 g/mol. The van der Waals surface area contributed by atoms with Crippen LogP contribution in [0.1, 0.15) is 24.5 Å². The fourth-order valence-corrected chi connectivity index (χ4v) is 3.01. The molecule has 0 heterocycles. The summed E-state index contributed by atoms with van der Waals surface area (Å²) in [5.74, 6) is 0. The summed E-state index contributed by atoms with van der Waals surface area (Å²) in [5.41, 5.74) is 1.84. The zero-order chi connectivity index (χ0) is 13.1. The first-order chi connectivity index (χ1) is 7.90. The van der Waals surface area contributed by atoms with Gasteiger partial charge in [-0.05, 0) is 13.3 Å². The molecule has 0 aliphatic carbocycles. The Hall–Kier alpha value is -1.36. The summed E-state index contributed by atoms with van der Waals surface area (Å²) in [6.45, 7) is 3.66. The van der Waals surface area contributed by atoms with Gasteiger partial charge in [0.2, 0.25) is 0 Å². The van der Waals surface area contributed by atoms with Crippen molar-refractivity contribution in [2.45, 2.75) is 25.5 Å². The van der Waals surface area contributed by atoms with E-state index in [1.165, 1.54) is 0 Å². The quantitative estimate of drug-likeness (QED) is 0.508. The molecule has 1 unspecified atom stereocenters. The number of nitrogens with zero attached hydrogens (tertiary/aromatic N) is 1. The molecule has 94 valence electrons. The lowest BCUT2D eigenvalue weighted by atomic mass is 10.0. The molecule has 0 saturated carbocycles. The highest BCUT2D eigenvalue weighted by Gasteiger charge is 2.26. The minimum Gasteiger partial charge on any atom is -0.411 e. The van der Waals surface area contributed by atoms with Crippen molar-refractivity contribution in [3.05, 3.63) is 35.4 Å². The van der Waals surface area contributed by atoms with Crippen LogP contribution >= 0.6 is 0 Å². The first-order valence-corrected chi connectivity index (χ1v) is 7.33. The van der Waals surface area contributed by atoms with Crippen LogP contribution in [0.15, 0.2) is 29.4 Å². The first kappa shape index (κ1) is 13.7. The van der Waals surface area contributed by atoms with Crippen LogP contribution in [0.4, 0.5) is 0 Å². The fraction of sp³-hybridized carbons (Fsp3) is 0.417. The molecule has 0 fully saturated rings. The third kappa shape index (κ3) is 3.30. The Labute approximate surface area is 102 Å². The largest absolute Gasteiger partial charge is 0.411 e. The van der Waals surface area contributed by atoms with E-state index in [1.54, 1.807) is 13.0 Å². The van der Waals surface area contributed by atoms with E-state index in [-0.39, 0.29) is 5.71 Å². The molecule has 1 rings (SSSR count). The molecule has 4 nitrogen and oxygen atoms in total. The molecular weight excluding hydrogens is 238 g/mol. The zero-order valence-corrected chi connectivity index (χ0v) is 11.0. The summed E-state index contributed by atoms with van der Waals surface area (Å²) in [7, 11) is -3.28. The van der Waals surface area contributed by atoms with Crippen molar-refractivity contribution < 1.29 is 13.6 Å². The highest BCUT2D eigenvalue weighted by atomic mass is 32.2. The molecule has 1 N–H and O–H groups in total. The van der Waals surface area contributed by atoms with Gasteiger partial charge in [-0.3, -0.25) is 0 Å². The van der Waals surface area contributed by atoms with Gasteiger partial charge in [-0.25, -0.2) is 8.42 Å². The normalized spacial score (nSPS) is 14.6. The zero-order valence-electron chi connectivity index (χ0n) is 10.2. The molecule has 1 atom stereocenters. The molecule has 1 aromatic carbocycles. The molecule has 0 radical (unpaired) electrons. The van der Waals surface area contributed by atoms with Crippen molar-refractivity contribution in [2.75, 3.05) is 6.26 Å². The lowest BCUT2D eigenvalue weighted by Crippen LogP contribution is -2.29. The third-order valence-electron chi connectivity index (χ3n) is 2.61. The Morgan fingerprint density at radius 2 is 2.12 bits per heavy atom. The van der Waals surface area contributed by atoms with Crippen molar-refractivity contribution >= 4 is 15.5 Å². The molecule has 0 amide bonds. The topological polar surface area (TPSA) is 66.7 Å². The smallest absolute Gasteiger partial charge is 0.156 e. The van der Waals surface area contributed by atoms with E-state index in [0.29, 0.717) is 12.0 Å². The van der Waals surface area contributed by atoms with Crippen LogP contribution in [0.5, 0.6) is 0 Å². The van der Waals surface area contributed by atoms with Gasteiger partial charge in [0.15, 0.2) is 9.84 Å². The minimum atomic E-state index is -3.28. The van der Waals surface area contributed by atoms with Gasteiger partial charge in [-0.1, -0.05) is 41.9 Å². The highest BCUT2D eigenvalue weighted by Crippen LogP contribution is 2.15. The van der Waals surface area contributed by atoms with Crippen LogP contribution in [-0.2, 0) is 9.84 Å². The SMILES string of the molecule is CCC(C(=NO)c1cccc(C)c1)S(C)(=O)=O. The standard InChI is InChI=1S/C12H17NO3S/c1-4-11(17(3,15)16)12(13-14)10-7-5-6-9(2)8-10/h5-8,11,14H,4H2,1-3H3. The van der Waals surface area contributed by atoms with E-state index in [0.717, 1.165) is 11.8 Å². The Morgan fingerprint density at radius 1 is 1.47 bits per heavy atom. The van der Waals surface area contributed by atoms with Gasteiger partial charge in [-0.2, -0.15) is 0 Å². The molecule has 0 aromatic heterocycles. The fourth-order valence-electron chi connectivity index (χ4n) is 1.81. The molecule has 0 aliphatic heterocycles. The molecule has 0 aliphatic rings. The maximum Gasteiger partial charge on any atom is 0.156 e. The second-order valence-corrected chi connectivity index (χ2v) is 6.31. The van der Waals surface area contributed by atoms with Gasteiger partial charge in [-0.15, -0.1) is 0 Å². The molecule has 0 saturated heterocycles. The van der Waals surface area contributed by atoms with Crippen LogP contribution in [0.25, 0.3) is 0 Å². The maximum atomic E-state index is 11.6. The number of sulfone groups is 1. The van der Waals surface area contributed by atoms with Crippen LogP contribution in [0, 0.1) is 6.92 Å². The number of oxime groups is 1. The van der Waals surface area contributed by atoms with Crippen molar-refractivity contribution in [1.29, 1.82) is 0 Å². The molecular formula is C12H17NO3S. The molecule has 5 heteroatoms. The molecule has 1 aromatic rings. The molecule has 0 spiro atoms. The van der Waals surface area contributed by atoms with Gasteiger partial charge >= 0.3 is 0 Å². The lowest BCUT2D eigenvalue weighted by molar-refractivity contribution is 0.318. The number of aryl methyl sites for hydroxylation is 1. The number of rotatable bonds is 4. The Morgan fingerprint density at radius 3 is 2.53 bits per heavy atom. The predicted molar refractivity (Wildman–Crippen MR) is 68.4 cm³/mol. The second kappa shape index (κ2) is 5.31. The van der Waals surface area contributed by atoms with Gasteiger partial charge in [0, 0.05) is 11.8 Å². The Kier molecular flexibility index (Phi) is 4.28. The van der Waals surface area contributed by atoms with Gasteiger partial charge in [0.25, 0.3) is 0 Å². The van der Waals surface area contributed by atoms with E-state index in [2.05, 4.69) is 5.16 Å². The second-order valence-electron chi connectivity index (χ2n) is 4.08. The minimum absolute atomic E-state index is 0.207. The number of benzene rings is 1. The third-order valence-corrected chi connectivity index (χ3v) is 4.20. The summed E-state index contributed by atoms with van der Waals surface area (Å²) >= 11 is 0. The predicted octanol–water partition coefficient (Wildman–Crippen LogP) is 2.00. The van der Waals surface area contributed by atoms with Crippen molar-refractivity contribution in [2.24, 2.45) is 5.16 Å². The van der Waals surface area contributed by atoms with Gasteiger partial charge in [0.05, 0.1) is 0 Å². The van der Waals surface area contributed by atoms with Crippen molar-refractivity contribution in [3.8, 4) is 0 Å². The van der Waals surface area contributed by atoms with Crippen LogP contribution in [-0.4, -0.2) is 30.8 Å². The Balaban J connectivity index is 3.25. The molecule has 0 bridgehead atoms. The van der Waals surface area contributed by atoms with Crippen LogP contribution in [0.2, 0.25) is 0 Å². The molecule has 17 heavy (non-hydrogen) atoms. The number of hydrogen-bond acceptors (Lipinski definition) is 4. The average Bonchev–Trinajstić information content (AvgIpc) is 2.23. The van der Waals surface area contributed by atoms with Crippen LogP contribution in [0.3, 0.4) is 0 Å². The van der Waals surface area contributed by atoms with E-state index in [4.69, 9.17) is 5.21 Å². The first-order valence-electron chi connectivity index (χ1n) is 5.38. The summed E-state index contributed by atoms with van der Waals surface area (Å²) in [6, 6.07) is 7.27. The van der Waals surface area contributed by atoms with E-state index in [1.807, 2.05) is 25.1 Å². The summed E-state index contributed by atoms with van der Waals surface area (Å²) in [4.78, 5) is 0. The van der Waals surface area contributed by atoms with Gasteiger partial charge < -0.3 is 5.21 Å². The maximum absolute atomic E-state index is 11.6. The summed E-state index contributed by atoms with van der Waals surface area (Å²) < 4.78 is 23.3. The summed E-state index contributed by atoms with van der Waals surface area (Å²) in [6.07, 6.45) is 1.54. The lowest BCUT2D eigenvalue weighted by Gasteiger charge is -2.15. The Bertz CT molecular complexity index is 520. The van der Waals surface area contributed by atoms with Crippen molar-refractivity contribution in [3.63, 3.8) is 0 Å². The van der Waals surface area contributed by atoms with E-state index in [9.17, 15) is 8.42 Å². The number of hydrogen-bond donors (Lipinski definition) is 1.